The molecule has 1 rings (SSSR count). The predicted octanol–water partition coefficient (Wildman–Crippen LogP) is 9.06. The van der Waals surface area contributed by atoms with Gasteiger partial charge in [0.2, 0.25) is 0 Å². The fraction of sp³-hybridized carbons (Fsp3) is 0.840. The zero-order valence-corrected chi connectivity index (χ0v) is 22.5. The van der Waals surface area contributed by atoms with Gasteiger partial charge in [-0.3, -0.25) is 0 Å². The van der Waals surface area contributed by atoms with Gasteiger partial charge in [0.15, 0.2) is 9.84 Å². The Morgan fingerprint density at radius 2 is 1.37 bits per heavy atom. The van der Waals surface area contributed by atoms with Crippen LogP contribution in [0.5, 0.6) is 0 Å². The number of unbranched alkanes of at least 4 members (excludes halogenated alkanes) is 11. The Morgan fingerprint density at radius 1 is 0.867 bits per heavy atom. The minimum Gasteiger partial charge on any atom is -0.223 e. The molecule has 0 aliphatic rings. The molecular weight excluding hydrogens is 428 g/mol. The van der Waals surface area contributed by atoms with Crippen molar-refractivity contribution in [1.29, 1.82) is 0 Å². The normalized spacial score (nSPS) is 13.1. The van der Waals surface area contributed by atoms with Gasteiger partial charge in [0.1, 0.15) is 4.21 Å². The second-order valence-corrected chi connectivity index (χ2v) is 13.7. The molecule has 0 aliphatic heterocycles. The Morgan fingerprint density at radius 3 is 1.87 bits per heavy atom. The van der Waals surface area contributed by atoms with Crippen LogP contribution in [0.25, 0.3) is 0 Å². The first kappa shape index (κ1) is 28.0. The van der Waals surface area contributed by atoms with Crippen molar-refractivity contribution in [3.63, 3.8) is 0 Å². The van der Waals surface area contributed by atoms with Gasteiger partial charge in [0.25, 0.3) is 0 Å². The maximum absolute atomic E-state index is 11.7. The number of thiophene rings is 1. The Labute approximate surface area is 195 Å². The van der Waals surface area contributed by atoms with E-state index in [0.29, 0.717) is 4.21 Å². The second kappa shape index (κ2) is 16.6. The lowest BCUT2D eigenvalue weighted by Crippen LogP contribution is -1.95. The van der Waals surface area contributed by atoms with E-state index in [1.165, 1.54) is 114 Å². The zero-order valence-electron chi connectivity index (χ0n) is 20.0. The largest absolute Gasteiger partial charge is 0.223 e. The summed E-state index contributed by atoms with van der Waals surface area (Å²) in [6.07, 6.45) is 22.1. The Kier molecular flexibility index (Phi) is 15.5. The third-order valence-corrected chi connectivity index (χ3v) is 10.3. The summed E-state index contributed by atoms with van der Waals surface area (Å²) in [5, 5.41) is 0. The van der Waals surface area contributed by atoms with E-state index >= 15 is 0 Å². The van der Waals surface area contributed by atoms with Crippen molar-refractivity contribution in [1.82, 2.24) is 0 Å². The van der Waals surface area contributed by atoms with Gasteiger partial charge in [-0.15, -0.1) is 23.1 Å². The molecule has 5 heteroatoms. The summed E-state index contributed by atoms with van der Waals surface area (Å²) in [7, 11) is -3.08. The molecule has 0 saturated heterocycles. The van der Waals surface area contributed by atoms with Crippen molar-refractivity contribution in [2.45, 2.75) is 126 Å². The Balaban J connectivity index is 1.95. The molecule has 1 unspecified atom stereocenters. The van der Waals surface area contributed by atoms with Crippen LogP contribution in [0, 0.1) is 12.8 Å². The van der Waals surface area contributed by atoms with Crippen molar-refractivity contribution >= 4 is 32.9 Å². The average Bonchev–Trinajstić information content (AvgIpc) is 3.07. The number of aryl methyl sites for hydroxylation is 1. The van der Waals surface area contributed by atoms with E-state index in [1.807, 2.05) is 24.8 Å². The molecule has 30 heavy (non-hydrogen) atoms. The third-order valence-electron chi connectivity index (χ3n) is 5.82. The molecule has 1 atom stereocenters. The minimum absolute atomic E-state index is 0.533. The average molecular weight is 475 g/mol. The van der Waals surface area contributed by atoms with Crippen LogP contribution in [0.4, 0.5) is 0 Å². The predicted molar refractivity (Wildman–Crippen MR) is 137 cm³/mol. The van der Waals surface area contributed by atoms with Crippen molar-refractivity contribution in [2.24, 2.45) is 5.92 Å². The van der Waals surface area contributed by atoms with E-state index in [0.717, 1.165) is 21.4 Å². The summed E-state index contributed by atoms with van der Waals surface area (Å²) in [5.41, 5.74) is 0.894. The lowest BCUT2D eigenvalue weighted by atomic mass is 9.96. The third kappa shape index (κ3) is 13.4. The van der Waals surface area contributed by atoms with Crippen LogP contribution in [-0.4, -0.2) is 20.4 Å². The number of sulfone groups is 1. The summed E-state index contributed by atoms with van der Waals surface area (Å²) in [4.78, 5) is 0. The highest BCUT2D eigenvalue weighted by molar-refractivity contribution is 8.01. The van der Waals surface area contributed by atoms with Gasteiger partial charge >= 0.3 is 0 Å². The molecule has 0 N–H and O–H groups in total. The maximum Gasteiger partial charge on any atom is 0.185 e. The van der Waals surface area contributed by atoms with Crippen molar-refractivity contribution < 1.29 is 8.42 Å². The topological polar surface area (TPSA) is 34.1 Å². The summed E-state index contributed by atoms with van der Waals surface area (Å²) in [6.45, 7) is 6.60. The van der Waals surface area contributed by atoms with Gasteiger partial charge in [-0.2, -0.15) is 0 Å². The van der Waals surface area contributed by atoms with Crippen LogP contribution in [0.2, 0.25) is 0 Å². The summed E-state index contributed by atoms with van der Waals surface area (Å²) >= 11 is 3.24. The fourth-order valence-electron chi connectivity index (χ4n) is 3.95. The standard InChI is InChI=1S/C25H46O2S3/c1-5-6-7-8-9-10-11-12-13-15-18-22(2)19-16-14-17-20-28-24-21-23(3)25(29-24)30(4,26)27/h21-22H,5-20H2,1-4H3. The monoisotopic (exact) mass is 474 g/mol. The van der Waals surface area contributed by atoms with Crippen LogP contribution in [-0.2, 0) is 9.84 Å². The molecule has 0 aromatic carbocycles. The Hall–Kier alpha value is -0.0000000000000000833. The van der Waals surface area contributed by atoms with Crippen molar-refractivity contribution in [2.75, 3.05) is 12.0 Å². The number of thioether (sulfide) groups is 1. The molecule has 0 radical (unpaired) electrons. The van der Waals surface area contributed by atoms with Crippen molar-refractivity contribution in [3.05, 3.63) is 11.6 Å². The van der Waals surface area contributed by atoms with Crippen LogP contribution in [0.3, 0.4) is 0 Å². The molecule has 176 valence electrons. The number of rotatable bonds is 19. The molecule has 1 aromatic heterocycles. The van der Waals surface area contributed by atoms with Gasteiger partial charge in [0.05, 0.1) is 4.21 Å². The lowest BCUT2D eigenvalue weighted by molar-refractivity contribution is 0.436. The van der Waals surface area contributed by atoms with Gasteiger partial charge in [-0.25, -0.2) is 8.42 Å². The summed E-state index contributed by atoms with van der Waals surface area (Å²) in [5.74, 6) is 1.96. The quantitative estimate of drug-likeness (QED) is 0.148. The number of hydrogen-bond donors (Lipinski definition) is 0. The lowest BCUT2D eigenvalue weighted by Gasteiger charge is -2.11. The van der Waals surface area contributed by atoms with E-state index in [2.05, 4.69) is 13.8 Å². The molecule has 0 amide bonds. The highest BCUT2D eigenvalue weighted by atomic mass is 32.2. The van der Waals surface area contributed by atoms with Crippen LogP contribution < -0.4 is 0 Å². The highest BCUT2D eigenvalue weighted by Crippen LogP contribution is 2.34. The van der Waals surface area contributed by atoms with Gasteiger partial charge < -0.3 is 0 Å². The van der Waals surface area contributed by atoms with E-state index in [9.17, 15) is 8.42 Å². The smallest absolute Gasteiger partial charge is 0.185 e. The molecule has 0 saturated carbocycles. The van der Waals surface area contributed by atoms with E-state index in [1.54, 1.807) is 0 Å². The van der Waals surface area contributed by atoms with Gasteiger partial charge in [0, 0.05) is 6.26 Å². The van der Waals surface area contributed by atoms with E-state index in [4.69, 9.17) is 0 Å². The number of hydrogen-bond acceptors (Lipinski definition) is 4. The molecule has 1 heterocycles. The SMILES string of the molecule is CCCCCCCCCCCCC(C)CCCCCSc1cc(C)c(S(C)(=O)=O)s1. The maximum atomic E-state index is 11.7. The molecule has 2 nitrogen and oxygen atoms in total. The van der Waals surface area contributed by atoms with Crippen LogP contribution in [0.1, 0.15) is 116 Å². The van der Waals surface area contributed by atoms with Gasteiger partial charge in [-0.1, -0.05) is 104 Å². The van der Waals surface area contributed by atoms with Crippen LogP contribution >= 0.6 is 23.1 Å². The van der Waals surface area contributed by atoms with Crippen molar-refractivity contribution in [3.8, 4) is 0 Å². The molecular formula is C25H46O2S3. The minimum atomic E-state index is -3.08. The fourth-order valence-corrected chi connectivity index (χ4v) is 7.81. The van der Waals surface area contributed by atoms with E-state index in [-0.39, 0.29) is 0 Å². The summed E-state index contributed by atoms with van der Waals surface area (Å²) < 4.78 is 25.1. The second-order valence-electron chi connectivity index (χ2n) is 9.08. The van der Waals surface area contributed by atoms with Gasteiger partial charge in [-0.05, 0) is 36.6 Å². The molecule has 1 aromatic rings. The highest BCUT2D eigenvalue weighted by Gasteiger charge is 2.15. The zero-order chi connectivity index (χ0) is 22.2. The first-order valence-corrected chi connectivity index (χ1v) is 16.0. The first-order valence-electron chi connectivity index (χ1n) is 12.3. The Bertz CT molecular complexity index is 649. The molecule has 0 fully saturated rings. The molecule has 0 spiro atoms. The molecule has 0 aliphatic carbocycles. The van der Waals surface area contributed by atoms with E-state index < -0.39 is 9.84 Å². The molecule has 0 bridgehead atoms. The first-order chi connectivity index (χ1) is 14.3. The van der Waals surface area contributed by atoms with Crippen LogP contribution in [0.15, 0.2) is 14.5 Å². The summed E-state index contributed by atoms with van der Waals surface area (Å²) in [6, 6.07) is 2.03.